The molecular formula is C10H13N3S2. The second kappa shape index (κ2) is 4.63. The van der Waals surface area contributed by atoms with E-state index in [-0.39, 0.29) is 0 Å². The predicted molar refractivity (Wildman–Crippen MR) is 67.8 cm³/mol. The number of nitrogens with zero attached hydrogens (tertiary/aromatic N) is 1. The molecule has 5 heteroatoms. The Balaban J connectivity index is 1.86. The maximum Gasteiger partial charge on any atom is 0.142 e. The van der Waals surface area contributed by atoms with E-state index < -0.39 is 0 Å². The van der Waals surface area contributed by atoms with Gasteiger partial charge >= 0.3 is 0 Å². The topological polar surface area (TPSA) is 50.9 Å². The van der Waals surface area contributed by atoms with Gasteiger partial charge in [0.05, 0.1) is 0 Å². The number of hydrogen-bond acceptors (Lipinski definition) is 5. The van der Waals surface area contributed by atoms with Gasteiger partial charge in [0.2, 0.25) is 0 Å². The summed E-state index contributed by atoms with van der Waals surface area (Å²) >= 11 is 3.22. The third-order valence-electron chi connectivity index (χ3n) is 2.20. The van der Waals surface area contributed by atoms with Crippen molar-refractivity contribution < 1.29 is 0 Å². The number of hydrogen-bond donors (Lipinski definition) is 2. The summed E-state index contributed by atoms with van der Waals surface area (Å²) < 4.78 is 4.09. The molecule has 2 aromatic rings. The number of nitrogens with two attached hydrogens (primary N) is 1. The van der Waals surface area contributed by atoms with Crippen molar-refractivity contribution in [2.75, 3.05) is 17.6 Å². The summed E-state index contributed by atoms with van der Waals surface area (Å²) in [6.45, 7) is 2.93. The zero-order chi connectivity index (χ0) is 10.7. The molecule has 0 amide bonds. The van der Waals surface area contributed by atoms with E-state index in [0.717, 1.165) is 23.5 Å². The molecule has 15 heavy (non-hydrogen) atoms. The minimum Gasteiger partial charge on any atom is -0.383 e. The Hall–Kier alpha value is -1.07. The van der Waals surface area contributed by atoms with Gasteiger partial charge in [0, 0.05) is 17.0 Å². The number of nitrogens with one attached hydrogen (secondary N) is 1. The third-order valence-corrected chi connectivity index (χ3v) is 4.05. The van der Waals surface area contributed by atoms with E-state index >= 15 is 0 Å². The van der Waals surface area contributed by atoms with Gasteiger partial charge in [-0.05, 0) is 36.3 Å². The van der Waals surface area contributed by atoms with Crippen molar-refractivity contribution >= 4 is 33.7 Å². The van der Waals surface area contributed by atoms with Gasteiger partial charge < -0.3 is 11.1 Å². The zero-order valence-electron chi connectivity index (χ0n) is 8.49. The second-order valence-electron chi connectivity index (χ2n) is 3.28. The Bertz CT molecular complexity index is 420. The van der Waals surface area contributed by atoms with Crippen molar-refractivity contribution in [1.82, 2.24) is 4.37 Å². The fraction of sp³-hybridized carbons (Fsp3) is 0.300. The number of rotatable bonds is 4. The summed E-state index contributed by atoms with van der Waals surface area (Å²) in [6.07, 6.45) is 1.05. The molecule has 0 fully saturated rings. The summed E-state index contributed by atoms with van der Waals surface area (Å²) in [7, 11) is 0. The second-order valence-corrected chi connectivity index (χ2v) is 5.08. The van der Waals surface area contributed by atoms with E-state index in [9.17, 15) is 0 Å². The molecule has 3 N–H and O–H groups in total. The number of nitrogen functional groups attached to an aromatic ring is 1. The maximum atomic E-state index is 5.67. The van der Waals surface area contributed by atoms with Crippen LogP contribution < -0.4 is 11.1 Å². The highest BCUT2D eigenvalue weighted by atomic mass is 32.1. The quantitative estimate of drug-likeness (QED) is 0.862. The van der Waals surface area contributed by atoms with Gasteiger partial charge in [0.25, 0.3) is 0 Å². The summed E-state index contributed by atoms with van der Waals surface area (Å²) in [6, 6.07) is 4.23. The lowest BCUT2D eigenvalue weighted by Crippen LogP contribution is -2.03. The summed E-state index contributed by atoms with van der Waals surface area (Å²) in [5.41, 5.74) is 6.73. The van der Waals surface area contributed by atoms with Crippen LogP contribution in [0.2, 0.25) is 0 Å². The van der Waals surface area contributed by atoms with E-state index in [1.54, 1.807) is 11.3 Å². The lowest BCUT2D eigenvalue weighted by atomic mass is 10.3. The van der Waals surface area contributed by atoms with E-state index in [0.29, 0.717) is 5.82 Å². The van der Waals surface area contributed by atoms with E-state index in [4.69, 9.17) is 5.73 Å². The maximum absolute atomic E-state index is 5.67. The van der Waals surface area contributed by atoms with Gasteiger partial charge in [-0.3, -0.25) is 0 Å². The first-order chi connectivity index (χ1) is 7.27. The molecule has 3 nitrogen and oxygen atoms in total. The Morgan fingerprint density at radius 3 is 3.00 bits per heavy atom. The zero-order valence-corrected chi connectivity index (χ0v) is 10.1. The number of aromatic nitrogens is 1. The first kappa shape index (κ1) is 10.4. The minimum atomic E-state index is 0.638. The standard InChI is InChI=1S/C10H13N3S2/c1-7-9(11)13-15-10(7)12-5-4-8-3-2-6-14-8/h2-3,6,12H,4-5H2,1H3,(H2,11,13). The lowest BCUT2D eigenvalue weighted by molar-refractivity contribution is 1.05. The molecule has 0 saturated carbocycles. The van der Waals surface area contributed by atoms with Crippen LogP contribution in [-0.2, 0) is 6.42 Å². The molecule has 2 rings (SSSR count). The molecule has 0 radical (unpaired) electrons. The van der Waals surface area contributed by atoms with Gasteiger partial charge in [-0.25, -0.2) is 0 Å². The van der Waals surface area contributed by atoms with Crippen molar-refractivity contribution in [2.45, 2.75) is 13.3 Å². The highest BCUT2D eigenvalue weighted by Gasteiger charge is 2.05. The van der Waals surface area contributed by atoms with Crippen LogP contribution in [0.5, 0.6) is 0 Å². The van der Waals surface area contributed by atoms with Crippen molar-refractivity contribution in [2.24, 2.45) is 0 Å². The normalized spacial score (nSPS) is 10.5. The van der Waals surface area contributed by atoms with Crippen LogP contribution in [0.4, 0.5) is 10.8 Å². The molecule has 0 aliphatic heterocycles. The van der Waals surface area contributed by atoms with Crippen LogP contribution in [0, 0.1) is 6.92 Å². The van der Waals surface area contributed by atoms with Gasteiger partial charge in [-0.15, -0.1) is 11.3 Å². The van der Waals surface area contributed by atoms with Crippen molar-refractivity contribution in [1.29, 1.82) is 0 Å². The van der Waals surface area contributed by atoms with Gasteiger partial charge in [0.15, 0.2) is 0 Å². The molecule has 0 unspecified atom stereocenters. The number of anilines is 2. The largest absolute Gasteiger partial charge is 0.383 e. The Morgan fingerprint density at radius 1 is 1.53 bits per heavy atom. The first-order valence-electron chi connectivity index (χ1n) is 4.75. The SMILES string of the molecule is Cc1c(N)nsc1NCCc1cccs1. The first-order valence-corrected chi connectivity index (χ1v) is 6.40. The van der Waals surface area contributed by atoms with E-state index in [1.807, 2.05) is 6.92 Å². The van der Waals surface area contributed by atoms with Crippen molar-refractivity contribution in [3.8, 4) is 0 Å². The summed E-state index contributed by atoms with van der Waals surface area (Å²) in [5.74, 6) is 0.638. The molecule has 2 heterocycles. The van der Waals surface area contributed by atoms with Crippen LogP contribution in [-0.4, -0.2) is 10.9 Å². The number of thiophene rings is 1. The monoisotopic (exact) mass is 239 g/mol. The third kappa shape index (κ3) is 2.49. The molecular weight excluding hydrogens is 226 g/mol. The molecule has 0 aromatic carbocycles. The van der Waals surface area contributed by atoms with Gasteiger partial charge in [-0.2, -0.15) is 4.37 Å². The minimum absolute atomic E-state index is 0.638. The molecule has 0 aliphatic rings. The Morgan fingerprint density at radius 2 is 2.40 bits per heavy atom. The smallest absolute Gasteiger partial charge is 0.142 e. The molecule has 0 aliphatic carbocycles. The highest BCUT2D eigenvalue weighted by Crippen LogP contribution is 2.25. The molecule has 80 valence electrons. The van der Waals surface area contributed by atoms with E-state index in [2.05, 4.69) is 27.2 Å². The molecule has 0 bridgehead atoms. The van der Waals surface area contributed by atoms with Crippen LogP contribution in [0.15, 0.2) is 17.5 Å². The van der Waals surface area contributed by atoms with Gasteiger partial charge in [-0.1, -0.05) is 6.07 Å². The van der Waals surface area contributed by atoms with Gasteiger partial charge in [0.1, 0.15) is 10.8 Å². The van der Waals surface area contributed by atoms with E-state index in [1.165, 1.54) is 16.4 Å². The Kier molecular flexibility index (Phi) is 3.23. The molecule has 0 saturated heterocycles. The fourth-order valence-corrected chi connectivity index (χ4v) is 2.71. The molecule has 2 aromatic heterocycles. The van der Waals surface area contributed by atoms with Crippen molar-refractivity contribution in [3.05, 3.63) is 28.0 Å². The van der Waals surface area contributed by atoms with Crippen LogP contribution in [0.25, 0.3) is 0 Å². The van der Waals surface area contributed by atoms with Crippen molar-refractivity contribution in [3.63, 3.8) is 0 Å². The Labute approximate surface area is 97.1 Å². The average Bonchev–Trinajstić information content (AvgIpc) is 2.83. The fourth-order valence-electron chi connectivity index (χ4n) is 1.27. The highest BCUT2D eigenvalue weighted by molar-refractivity contribution is 7.10. The van der Waals surface area contributed by atoms with Crippen LogP contribution >= 0.6 is 22.9 Å². The predicted octanol–water partition coefficient (Wildman–Crippen LogP) is 2.75. The van der Waals surface area contributed by atoms with Crippen LogP contribution in [0.3, 0.4) is 0 Å². The average molecular weight is 239 g/mol. The summed E-state index contributed by atoms with van der Waals surface area (Å²) in [4.78, 5) is 1.40. The lowest BCUT2D eigenvalue weighted by Gasteiger charge is -2.02. The summed E-state index contributed by atoms with van der Waals surface area (Å²) in [5, 5.41) is 6.54. The van der Waals surface area contributed by atoms with Crippen LogP contribution in [0.1, 0.15) is 10.4 Å². The molecule has 0 spiro atoms. The molecule has 0 atom stereocenters.